The SMILES string of the molecule is Nc1nc(N)c2ncn(COC(CC(=O)OC34CC5CC(CC(C5)C3)C4)CC(=O)OC34CC5CC(CC(C5)C3)C4)c2n1. The molecule has 0 aromatic carbocycles. The molecule has 10 rings (SSSR count). The maximum atomic E-state index is 13.5. The van der Waals surface area contributed by atoms with E-state index in [9.17, 15) is 9.59 Å². The quantitative estimate of drug-likeness (QED) is 0.414. The highest BCUT2D eigenvalue weighted by molar-refractivity contribution is 5.82. The van der Waals surface area contributed by atoms with E-state index in [1.54, 1.807) is 10.9 Å². The summed E-state index contributed by atoms with van der Waals surface area (Å²) in [6, 6.07) is 0. The van der Waals surface area contributed by atoms with Gasteiger partial charge in [0.1, 0.15) is 23.4 Å². The molecule has 0 amide bonds. The lowest BCUT2D eigenvalue weighted by molar-refractivity contribution is -0.193. The molecule has 11 heteroatoms. The summed E-state index contributed by atoms with van der Waals surface area (Å²) in [5.41, 5.74) is 12.0. The van der Waals surface area contributed by atoms with Crippen molar-refractivity contribution in [3.63, 3.8) is 0 Å². The number of nitrogens with zero attached hydrogens (tertiary/aromatic N) is 4. The van der Waals surface area contributed by atoms with Crippen molar-refractivity contribution in [2.75, 3.05) is 11.5 Å². The molecule has 8 aliphatic rings. The number of hydrogen-bond acceptors (Lipinski definition) is 10. The Balaban J connectivity index is 0.973. The van der Waals surface area contributed by atoms with Gasteiger partial charge in [0.25, 0.3) is 0 Å². The maximum absolute atomic E-state index is 13.5. The summed E-state index contributed by atoms with van der Waals surface area (Å²) in [6.07, 6.45) is 14.3. The number of imidazole rings is 1. The second kappa shape index (κ2) is 9.79. The van der Waals surface area contributed by atoms with E-state index in [1.807, 2.05) is 0 Å². The first kappa shape index (κ1) is 26.7. The summed E-state index contributed by atoms with van der Waals surface area (Å²) < 4.78 is 20.5. The second-order valence-corrected chi connectivity index (χ2v) is 14.8. The molecule has 4 N–H and O–H groups in total. The highest BCUT2D eigenvalue weighted by atomic mass is 16.6. The van der Waals surface area contributed by atoms with Gasteiger partial charge >= 0.3 is 11.9 Å². The average molecular weight is 579 g/mol. The Morgan fingerprint density at radius 1 is 0.786 bits per heavy atom. The van der Waals surface area contributed by atoms with E-state index >= 15 is 0 Å². The van der Waals surface area contributed by atoms with E-state index in [0.717, 1.165) is 38.5 Å². The molecule has 42 heavy (non-hydrogen) atoms. The third-order valence-corrected chi connectivity index (χ3v) is 11.4. The first-order chi connectivity index (χ1) is 20.2. The minimum Gasteiger partial charge on any atom is -0.459 e. The first-order valence-electron chi connectivity index (χ1n) is 16.0. The van der Waals surface area contributed by atoms with Crippen molar-refractivity contribution in [3.05, 3.63) is 6.33 Å². The summed E-state index contributed by atoms with van der Waals surface area (Å²) in [7, 11) is 0. The molecule has 8 fully saturated rings. The fourth-order valence-electron chi connectivity index (χ4n) is 10.7. The van der Waals surface area contributed by atoms with Gasteiger partial charge < -0.3 is 25.7 Å². The van der Waals surface area contributed by atoms with Crippen LogP contribution in [0.4, 0.5) is 11.8 Å². The van der Waals surface area contributed by atoms with Crippen molar-refractivity contribution >= 4 is 34.9 Å². The lowest BCUT2D eigenvalue weighted by Crippen LogP contribution is -2.53. The van der Waals surface area contributed by atoms with Crippen LogP contribution in [0.1, 0.15) is 89.9 Å². The van der Waals surface area contributed by atoms with E-state index in [1.165, 1.54) is 38.5 Å². The second-order valence-electron chi connectivity index (χ2n) is 14.8. The third kappa shape index (κ3) is 4.91. The smallest absolute Gasteiger partial charge is 0.308 e. The van der Waals surface area contributed by atoms with Gasteiger partial charge in [0.15, 0.2) is 11.5 Å². The zero-order valence-corrected chi connectivity index (χ0v) is 24.2. The van der Waals surface area contributed by atoms with Crippen LogP contribution in [0, 0.1) is 35.5 Å². The number of fused-ring (bicyclic) bond motifs is 1. The molecule has 2 aromatic rings. The molecule has 11 nitrogen and oxygen atoms in total. The van der Waals surface area contributed by atoms with Gasteiger partial charge in [0, 0.05) is 0 Å². The largest absolute Gasteiger partial charge is 0.459 e. The Hall–Kier alpha value is -2.95. The summed E-state index contributed by atoms with van der Waals surface area (Å²) >= 11 is 0. The van der Waals surface area contributed by atoms with Crippen molar-refractivity contribution in [1.82, 2.24) is 19.5 Å². The van der Waals surface area contributed by atoms with Crippen LogP contribution < -0.4 is 11.5 Å². The fraction of sp³-hybridized carbons (Fsp3) is 0.774. The van der Waals surface area contributed by atoms with Gasteiger partial charge in [0.05, 0.1) is 25.3 Å². The van der Waals surface area contributed by atoms with Crippen LogP contribution in [0.25, 0.3) is 11.2 Å². The molecule has 0 spiro atoms. The van der Waals surface area contributed by atoms with Crippen molar-refractivity contribution in [3.8, 4) is 0 Å². The summed E-state index contributed by atoms with van der Waals surface area (Å²) in [5, 5.41) is 0. The number of rotatable bonds is 9. The van der Waals surface area contributed by atoms with Crippen LogP contribution >= 0.6 is 0 Å². The van der Waals surface area contributed by atoms with Crippen LogP contribution in [-0.2, 0) is 30.5 Å². The van der Waals surface area contributed by atoms with E-state index < -0.39 is 6.10 Å². The summed E-state index contributed by atoms with van der Waals surface area (Å²) in [6.45, 7) is 0.0202. The van der Waals surface area contributed by atoms with Crippen molar-refractivity contribution in [1.29, 1.82) is 0 Å². The number of ether oxygens (including phenoxy) is 3. The molecule has 226 valence electrons. The Labute approximate surface area is 245 Å². The van der Waals surface area contributed by atoms with E-state index in [2.05, 4.69) is 15.0 Å². The average Bonchev–Trinajstić information content (AvgIpc) is 3.28. The van der Waals surface area contributed by atoms with Gasteiger partial charge in [0.2, 0.25) is 5.95 Å². The van der Waals surface area contributed by atoms with Crippen molar-refractivity contribution in [2.45, 2.75) is 114 Å². The minimum atomic E-state index is -0.707. The number of nitrogens with two attached hydrogens (primary N) is 2. The minimum absolute atomic E-state index is 0.0103. The monoisotopic (exact) mass is 578 g/mol. The highest BCUT2D eigenvalue weighted by Gasteiger charge is 2.54. The fourth-order valence-corrected chi connectivity index (χ4v) is 10.7. The van der Waals surface area contributed by atoms with Crippen LogP contribution in [0.15, 0.2) is 6.33 Å². The number of hydrogen-bond donors (Lipinski definition) is 2. The van der Waals surface area contributed by atoms with Gasteiger partial charge in [-0.05, 0) is 113 Å². The number of nitrogen functional groups attached to an aromatic ring is 2. The van der Waals surface area contributed by atoms with Gasteiger partial charge in [-0.25, -0.2) is 4.98 Å². The molecule has 0 aliphatic heterocycles. The number of esters is 2. The standard InChI is InChI=1S/C31H42N6O5/c32-27-26-28(36-29(33)35-27)37(15-34-26)16-40-23(7-24(38)41-30-9-17-1-18(10-30)3-19(2-17)11-30)8-25(39)42-31-12-20-4-21(13-31)6-22(5-20)14-31/h15,17-23H,1-14,16H2,(H4,32,33,35,36). The number of carbonyl (C=O) groups excluding carboxylic acids is 2. The Kier molecular flexibility index (Phi) is 6.21. The lowest BCUT2D eigenvalue weighted by atomic mass is 9.54. The normalized spacial score (nSPS) is 38.2. The van der Waals surface area contributed by atoms with Gasteiger partial charge in [-0.2, -0.15) is 9.97 Å². The zero-order chi connectivity index (χ0) is 28.6. The van der Waals surface area contributed by atoms with Crippen molar-refractivity contribution in [2.24, 2.45) is 35.5 Å². The maximum Gasteiger partial charge on any atom is 0.308 e. The zero-order valence-electron chi connectivity index (χ0n) is 24.2. The summed E-state index contributed by atoms with van der Waals surface area (Å²) in [5.74, 6) is 3.65. The van der Waals surface area contributed by atoms with Gasteiger partial charge in [-0.15, -0.1) is 0 Å². The number of carbonyl (C=O) groups is 2. The first-order valence-corrected chi connectivity index (χ1v) is 16.0. The third-order valence-electron chi connectivity index (χ3n) is 11.4. The predicted molar refractivity (Wildman–Crippen MR) is 152 cm³/mol. The molecule has 8 aliphatic carbocycles. The van der Waals surface area contributed by atoms with Crippen molar-refractivity contribution < 1.29 is 23.8 Å². The highest BCUT2D eigenvalue weighted by Crippen LogP contribution is 2.58. The molecule has 0 radical (unpaired) electrons. The molecule has 2 aromatic heterocycles. The molecule has 2 heterocycles. The predicted octanol–water partition coefficient (Wildman–Crippen LogP) is 4.14. The van der Waals surface area contributed by atoms with Crippen LogP contribution in [0.5, 0.6) is 0 Å². The topological polar surface area (TPSA) is 157 Å². The molecular weight excluding hydrogens is 536 g/mol. The van der Waals surface area contributed by atoms with Crippen LogP contribution in [0.3, 0.4) is 0 Å². The van der Waals surface area contributed by atoms with Crippen LogP contribution in [-0.4, -0.2) is 48.8 Å². The Morgan fingerprint density at radius 3 is 1.69 bits per heavy atom. The van der Waals surface area contributed by atoms with E-state index in [4.69, 9.17) is 25.7 Å². The van der Waals surface area contributed by atoms with E-state index in [-0.39, 0.29) is 54.5 Å². The number of aromatic nitrogens is 4. The summed E-state index contributed by atoms with van der Waals surface area (Å²) in [4.78, 5) is 39.5. The Morgan fingerprint density at radius 2 is 1.24 bits per heavy atom. The molecule has 0 atom stereocenters. The molecule has 0 unspecified atom stereocenters. The molecule has 8 saturated carbocycles. The number of anilines is 2. The van der Waals surface area contributed by atoms with E-state index in [0.29, 0.717) is 46.7 Å². The molecule has 8 bridgehead atoms. The lowest BCUT2D eigenvalue weighted by Gasteiger charge is -2.55. The molecule has 0 saturated heterocycles. The molecular formula is C31H42N6O5. The van der Waals surface area contributed by atoms with Gasteiger partial charge in [-0.1, -0.05) is 0 Å². The Bertz CT molecular complexity index is 1280. The van der Waals surface area contributed by atoms with Gasteiger partial charge in [-0.3, -0.25) is 14.2 Å². The van der Waals surface area contributed by atoms with Crippen LogP contribution in [0.2, 0.25) is 0 Å².